The van der Waals surface area contributed by atoms with Crippen LogP contribution in [0.3, 0.4) is 0 Å². The molecule has 22 heavy (non-hydrogen) atoms. The van der Waals surface area contributed by atoms with Gasteiger partial charge in [-0.25, -0.2) is 4.79 Å². The number of urea groups is 1. The maximum absolute atomic E-state index is 12.2. The zero-order valence-electron chi connectivity index (χ0n) is 13.0. The van der Waals surface area contributed by atoms with E-state index in [0.717, 1.165) is 5.69 Å². The average molecular weight is 307 g/mol. The molecule has 1 aromatic carbocycles. The molecule has 2 N–H and O–H groups in total. The summed E-state index contributed by atoms with van der Waals surface area (Å²) < 4.78 is 10.4. The molecule has 1 aliphatic rings. The number of carbonyl (C=O) groups excluding carboxylic acids is 2. The van der Waals surface area contributed by atoms with Crippen molar-refractivity contribution in [3.05, 3.63) is 18.2 Å². The first-order chi connectivity index (χ1) is 10.6. The quantitative estimate of drug-likeness (QED) is 0.854. The van der Waals surface area contributed by atoms with Crippen molar-refractivity contribution in [1.82, 2.24) is 10.6 Å². The zero-order chi connectivity index (χ0) is 16.1. The average Bonchev–Trinajstić information content (AvgIpc) is 2.87. The van der Waals surface area contributed by atoms with Crippen LogP contribution in [0.25, 0.3) is 0 Å². The fraction of sp³-hybridized carbons (Fsp3) is 0.467. The molecule has 7 nitrogen and oxygen atoms in total. The van der Waals surface area contributed by atoms with Crippen LogP contribution in [0, 0.1) is 0 Å². The first-order valence-corrected chi connectivity index (χ1v) is 7.15. The van der Waals surface area contributed by atoms with Crippen molar-refractivity contribution in [3.8, 4) is 11.5 Å². The number of methoxy groups -OCH3 is 2. The molecule has 0 radical (unpaired) electrons. The van der Waals surface area contributed by atoms with E-state index in [-0.39, 0.29) is 24.4 Å². The molecule has 1 fully saturated rings. The van der Waals surface area contributed by atoms with Crippen molar-refractivity contribution in [2.75, 3.05) is 32.2 Å². The van der Waals surface area contributed by atoms with Crippen molar-refractivity contribution in [2.24, 2.45) is 0 Å². The molecule has 1 atom stereocenters. The third-order valence-electron chi connectivity index (χ3n) is 3.48. The van der Waals surface area contributed by atoms with E-state index in [2.05, 4.69) is 10.6 Å². The van der Waals surface area contributed by atoms with Gasteiger partial charge in [0.15, 0.2) is 11.5 Å². The number of hydrogen-bond donors (Lipinski definition) is 2. The van der Waals surface area contributed by atoms with Crippen LogP contribution >= 0.6 is 0 Å². The molecule has 3 amide bonds. The summed E-state index contributed by atoms with van der Waals surface area (Å²) in [4.78, 5) is 25.3. The number of rotatable bonds is 5. The molecule has 0 bridgehead atoms. The van der Waals surface area contributed by atoms with E-state index in [4.69, 9.17) is 9.47 Å². The molecule has 0 unspecified atom stereocenters. The van der Waals surface area contributed by atoms with E-state index in [9.17, 15) is 9.59 Å². The Hall–Kier alpha value is -2.44. The molecule has 0 aliphatic carbocycles. The number of nitrogens with zero attached hydrogens (tertiary/aromatic N) is 1. The van der Waals surface area contributed by atoms with Crippen LogP contribution < -0.4 is 25.0 Å². The summed E-state index contributed by atoms with van der Waals surface area (Å²) in [7, 11) is 3.11. The summed E-state index contributed by atoms with van der Waals surface area (Å²) >= 11 is 0. The molecule has 1 aromatic rings. The van der Waals surface area contributed by atoms with Gasteiger partial charge in [-0.2, -0.15) is 0 Å². The molecule has 0 saturated carbocycles. The maximum Gasteiger partial charge on any atom is 0.315 e. The Morgan fingerprint density at radius 3 is 2.68 bits per heavy atom. The molecule has 2 rings (SSSR count). The van der Waals surface area contributed by atoms with E-state index in [0.29, 0.717) is 24.6 Å². The van der Waals surface area contributed by atoms with Gasteiger partial charge < -0.3 is 25.0 Å². The molecule has 120 valence electrons. The number of amides is 3. The zero-order valence-corrected chi connectivity index (χ0v) is 13.0. The summed E-state index contributed by atoms with van der Waals surface area (Å²) in [6.07, 6.45) is 0.283. The second kappa shape index (κ2) is 7.02. The van der Waals surface area contributed by atoms with Crippen molar-refractivity contribution >= 4 is 17.6 Å². The predicted octanol–water partition coefficient (Wildman–Crippen LogP) is 1.13. The van der Waals surface area contributed by atoms with Crippen molar-refractivity contribution in [1.29, 1.82) is 0 Å². The number of ether oxygens (including phenoxy) is 2. The summed E-state index contributed by atoms with van der Waals surface area (Å²) in [6.45, 7) is 2.83. The number of hydrogen-bond acceptors (Lipinski definition) is 4. The van der Waals surface area contributed by atoms with E-state index < -0.39 is 0 Å². The smallest absolute Gasteiger partial charge is 0.315 e. The molecule has 1 saturated heterocycles. The lowest BCUT2D eigenvalue weighted by atomic mass is 10.2. The molecule has 0 aromatic heterocycles. The number of carbonyl (C=O) groups is 2. The minimum absolute atomic E-state index is 0.0333. The molecular formula is C15H21N3O4. The number of benzene rings is 1. The van der Waals surface area contributed by atoms with Gasteiger partial charge in [-0.3, -0.25) is 4.79 Å². The molecule has 7 heteroatoms. The van der Waals surface area contributed by atoms with E-state index in [1.54, 1.807) is 37.3 Å². The highest BCUT2D eigenvalue weighted by atomic mass is 16.5. The first kappa shape index (κ1) is 15.9. The third kappa shape index (κ3) is 3.41. The van der Waals surface area contributed by atoms with Gasteiger partial charge in [-0.1, -0.05) is 0 Å². The van der Waals surface area contributed by atoms with E-state index in [1.807, 2.05) is 6.92 Å². The first-order valence-electron chi connectivity index (χ1n) is 7.15. The Morgan fingerprint density at radius 2 is 2.05 bits per heavy atom. The van der Waals surface area contributed by atoms with Gasteiger partial charge in [-0.05, 0) is 19.1 Å². The Labute approximate surface area is 129 Å². The van der Waals surface area contributed by atoms with Gasteiger partial charge in [0, 0.05) is 31.3 Å². The Morgan fingerprint density at radius 1 is 1.32 bits per heavy atom. The minimum atomic E-state index is -0.255. The lowest BCUT2D eigenvalue weighted by Gasteiger charge is -2.19. The van der Waals surface area contributed by atoms with E-state index in [1.165, 1.54) is 0 Å². The van der Waals surface area contributed by atoms with E-state index >= 15 is 0 Å². The SMILES string of the molecule is CCNC(=O)N[C@@H]1CC(=O)N(c2ccc(OC)c(OC)c2)C1. The van der Waals surface area contributed by atoms with Crippen LogP contribution in [-0.2, 0) is 4.79 Å². The standard InChI is InChI=1S/C15H21N3O4/c1-4-16-15(20)17-10-7-14(19)18(9-10)11-5-6-12(21-2)13(8-11)22-3/h5-6,8,10H,4,7,9H2,1-3H3,(H2,16,17,20)/t10-/m1/s1. The summed E-state index contributed by atoms with van der Waals surface area (Å²) in [5, 5.41) is 5.45. The van der Waals surface area contributed by atoms with Crippen LogP contribution in [-0.4, -0.2) is 45.3 Å². The second-order valence-electron chi connectivity index (χ2n) is 4.95. The number of nitrogens with one attached hydrogen (secondary N) is 2. The van der Waals surface area contributed by atoms with Crippen molar-refractivity contribution in [3.63, 3.8) is 0 Å². The highest BCUT2D eigenvalue weighted by molar-refractivity contribution is 5.97. The molecule has 1 aliphatic heterocycles. The third-order valence-corrected chi connectivity index (χ3v) is 3.48. The van der Waals surface area contributed by atoms with Crippen molar-refractivity contribution in [2.45, 2.75) is 19.4 Å². The van der Waals surface area contributed by atoms with Gasteiger partial charge in [0.2, 0.25) is 5.91 Å². The van der Waals surface area contributed by atoms with Crippen molar-refractivity contribution < 1.29 is 19.1 Å². The number of anilines is 1. The van der Waals surface area contributed by atoms with Gasteiger partial charge in [0.25, 0.3) is 0 Å². The minimum Gasteiger partial charge on any atom is -0.493 e. The van der Waals surface area contributed by atoms with Crippen LogP contribution in [0.4, 0.5) is 10.5 Å². The fourth-order valence-corrected chi connectivity index (χ4v) is 2.44. The molecule has 0 spiro atoms. The normalized spacial score (nSPS) is 17.3. The van der Waals surface area contributed by atoms with Crippen LogP contribution in [0.2, 0.25) is 0 Å². The molecule has 1 heterocycles. The van der Waals surface area contributed by atoms with Crippen LogP contribution in [0.5, 0.6) is 11.5 Å². The summed E-state index contributed by atoms with van der Waals surface area (Å²) in [6, 6.07) is 4.85. The van der Waals surface area contributed by atoms with Crippen LogP contribution in [0.1, 0.15) is 13.3 Å². The Kier molecular flexibility index (Phi) is 5.08. The largest absolute Gasteiger partial charge is 0.493 e. The highest BCUT2D eigenvalue weighted by Gasteiger charge is 2.31. The topological polar surface area (TPSA) is 79.9 Å². The predicted molar refractivity (Wildman–Crippen MR) is 82.5 cm³/mol. The summed E-state index contributed by atoms with van der Waals surface area (Å²) in [5.41, 5.74) is 0.725. The van der Waals surface area contributed by atoms with Gasteiger partial charge in [0.1, 0.15) is 0 Å². The summed E-state index contributed by atoms with van der Waals surface area (Å²) in [5.74, 6) is 1.14. The van der Waals surface area contributed by atoms with Gasteiger partial charge >= 0.3 is 6.03 Å². The fourth-order valence-electron chi connectivity index (χ4n) is 2.44. The molecular weight excluding hydrogens is 286 g/mol. The maximum atomic E-state index is 12.2. The second-order valence-corrected chi connectivity index (χ2v) is 4.95. The Bertz CT molecular complexity index is 562. The Balaban J connectivity index is 2.10. The van der Waals surface area contributed by atoms with Gasteiger partial charge in [-0.15, -0.1) is 0 Å². The van der Waals surface area contributed by atoms with Gasteiger partial charge in [0.05, 0.1) is 20.3 Å². The van der Waals surface area contributed by atoms with Crippen LogP contribution in [0.15, 0.2) is 18.2 Å². The monoisotopic (exact) mass is 307 g/mol. The lowest BCUT2D eigenvalue weighted by molar-refractivity contribution is -0.117. The lowest BCUT2D eigenvalue weighted by Crippen LogP contribution is -2.43. The highest BCUT2D eigenvalue weighted by Crippen LogP contribution is 2.33.